The first-order chi connectivity index (χ1) is 16.2. The second-order valence-electron chi connectivity index (χ2n) is 9.38. The number of nitrogens with zero attached hydrogens (tertiary/aromatic N) is 3. The van der Waals surface area contributed by atoms with E-state index in [4.69, 9.17) is 0 Å². The topological polar surface area (TPSA) is 43.9 Å². The Morgan fingerprint density at radius 1 is 0.765 bits per heavy atom. The summed E-state index contributed by atoms with van der Waals surface area (Å²) in [5, 5.41) is 4.66. The van der Waals surface area contributed by atoms with Crippen molar-refractivity contribution >= 4 is 37.2 Å². The van der Waals surface area contributed by atoms with E-state index in [1.807, 2.05) is 130 Å². The summed E-state index contributed by atoms with van der Waals surface area (Å²) in [5.41, 5.74) is -0.495. The van der Waals surface area contributed by atoms with E-state index < -0.39 is 20.9 Å². The van der Waals surface area contributed by atoms with Gasteiger partial charge in [-0.05, 0) is 20.8 Å². The van der Waals surface area contributed by atoms with Crippen LogP contribution < -0.4 is 15.9 Å². The van der Waals surface area contributed by atoms with Gasteiger partial charge in [-0.25, -0.2) is 5.01 Å². The number of hydrogen-bond acceptors (Lipinski definition) is 4. The van der Waals surface area contributed by atoms with Gasteiger partial charge in [0.2, 0.25) is 0 Å². The highest BCUT2D eigenvalue weighted by molar-refractivity contribution is 7.83. The number of carbonyl (C=O) groups is 1. The van der Waals surface area contributed by atoms with E-state index in [1.165, 1.54) is 0 Å². The average Bonchev–Trinajstić information content (AvgIpc) is 2.84. The third-order valence-electron chi connectivity index (χ3n) is 5.64. The fourth-order valence-corrected chi connectivity index (χ4v) is 9.44. The molecule has 1 aliphatic rings. The average molecular weight is 492 g/mol. The third kappa shape index (κ3) is 4.36. The number of hydrogen-bond donors (Lipinski definition) is 0. The van der Waals surface area contributed by atoms with Crippen molar-refractivity contribution in [3.8, 4) is 0 Å². The smallest absolute Gasteiger partial charge is 0.264 e. The van der Waals surface area contributed by atoms with Crippen LogP contribution in [0.2, 0.25) is 0 Å². The lowest BCUT2D eigenvalue weighted by atomic mass is 10.1. The molecule has 1 aliphatic heterocycles. The number of hydrazine groups is 1. The Kier molecular flexibility index (Phi) is 6.82. The van der Waals surface area contributed by atoms with Crippen molar-refractivity contribution in [1.29, 1.82) is 0 Å². The van der Waals surface area contributed by atoms with Crippen LogP contribution in [0.3, 0.4) is 0 Å². The summed E-state index contributed by atoms with van der Waals surface area (Å²) < 4.78 is 19.1. The Labute approximate surface area is 203 Å². The van der Waals surface area contributed by atoms with Crippen LogP contribution in [-0.4, -0.2) is 40.0 Å². The van der Waals surface area contributed by atoms with Gasteiger partial charge in [0.1, 0.15) is 13.5 Å². The van der Waals surface area contributed by atoms with Crippen molar-refractivity contribution < 1.29 is 9.36 Å². The first-order valence-corrected chi connectivity index (χ1v) is 14.2. The van der Waals surface area contributed by atoms with Crippen LogP contribution in [0.1, 0.15) is 20.8 Å². The SMILES string of the molecule is CN(C)N1C=C(P(=O)(c2ccccc2)c2ccccc2)C(=O)N(C(C)(C)C)P1c1ccccc1. The molecule has 1 unspecified atom stereocenters. The fourth-order valence-electron chi connectivity index (χ4n) is 4.09. The first-order valence-electron chi connectivity index (χ1n) is 11.3. The maximum atomic E-state index is 15.1. The van der Waals surface area contributed by atoms with Crippen molar-refractivity contribution in [2.24, 2.45) is 0 Å². The van der Waals surface area contributed by atoms with E-state index in [0.717, 1.165) is 5.30 Å². The van der Waals surface area contributed by atoms with Crippen molar-refractivity contribution in [2.75, 3.05) is 14.1 Å². The molecule has 0 fully saturated rings. The predicted molar refractivity (Wildman–Crippen MR) is 143 cm³/mol. The second-order valence-corrected chi connectivity index (χ2v) is 14.0. The van der Waals surface area contributed by atoms with E-state index >= 15 is 4.57 Å². The van der Waals surface area contributed by atoms with E-state index in [9.17, 15) is 4.79 Å². The van der Waals surface area contributed by atoms with Crippen LogP contribution in [0.4, 0.5) is 0 Å². The molecule has 0 radical (unpaired) electrons. The van der Waals surface area contributed by atoms with Crippen LogP contribution in [0.25, 0.3) is 0 Å². The van der Waals surface area contributed by atoms with Crippen LogP contribution in [0.5, 0.6) is 0 Å². The van der Waals surface area contributed by atoms with Gasteiger partial charge in [-0.15, -0.1) is 0 Å². The number of carbonyl (C=O) groups excluding carboxylic acids is 1. The molecular weight excluding hydrogens is 460 g/mol. The van der Waals surface area contributed by atoms with Crippen molar-refractivity contribution in [3.63, 3.8) is 0 Å². The summed E-state index contributed by atoms with van der Waals surface area (Å²) in [6.07, 6.45) is 1.82. The lowest BCUT2D eigenvalue weighted by molar-refractivity contribution is -0.125. The molecule has 3 aromatic rings. The van der Waals surface area contributed by atoms with Crippen LogP contribution in [0, 0.1) is 0 Å². The van der Waals surface area contributed by atoms with E-state index in [2.05, 4.69) is 16.9 Å². The van der Waals surface area contributed by atoms with Gasteiger partial charge in [0.05, 0.1) is 0 Å². The van der Waals surface area contributed by atoms with Crippen LogP contribution >= 0.6 is 15.4 Å². The molecule has 1 heterocycles. The maximum Gasteiger partial charge on any atom is 0.264 e. The van der Waals surface area contributed by atoms with Crippen molar-refractivity contribution in [1.82, 2.24) is 14.5 Å². The summed E-state index contributed by atoms with van der Waals surface area (Å²) in [6, 6.07) is 28.8. The summed E-state index contributed by atoms with van der Waals surface area (Å²) in [6.45, 7) is 6.11. The zero-order chi connectivity index (χ0) is 24.5. The molecule has 0 bridgehead atoms. The quantitative estimate of drug-likeness (QED) is 0.477. The molecule has 0 N–H and O–H groups in total. The summed E-state index contributed by atoms with van der Waals surface area (Å²) in [5.74, 6) is -0.184. The molecule has 3 aromatic carbocycles. The zero-order valence-corrected chi connectivity index (χ0v) is 22.1. The summed E-state index contributed by atoms with van der Waals surface area (Å²) in [7, 11) is -0.758. The maximum absolute atomic E-state index is 15.1. The highest BCUT2D eigenvalue weighted by Crippen LogP contribution is 2.60. The number of benzene rings is 3. The fraction of sp³-hybridized carbons (Fsp3) is 0.222. The van der Waals surface area contributed by atoms with Gasteiger partial charge in [0, 0.05) is 41.7 Å². The predicted octanol–water partition coefficient (Wildman–Crippen LogP) is 4.90. The minimum atomic E-state index is -3.45. The Hall–Kier alpha value is -2.71. The lowest BCUT2D eigenvalue weighted by Gasteiger charge is -2.50. The van der Waals surface area contributed by atoms with Gasteiger partial charge in [-0.2, -0.15) is 0 Å². The summed E-state index contributed by atoms with van der Waals surface area (Å²) >= 11 is 0. The standard InChI is InChI=1S/C27H31N3O2P2/c1-27(2,3)30-26(31)25(21-29(28(4)5)33(30)22-15-9-6-10-16-22)34(32,23-17-11-7-12-18-23)24-19-13-8-14-20-24/h6-21H,1-5H3. The minimum absolute atomic E-state index is 0.184. The zero-order valence-electron chi connectivity index (χ0n) is 20.3. The van der Waals surface area contributed by atoms with Gasteiger partial charge in [0.15, 0.2) is 7.14 Å². The van der Waals surface area contributed by atoms with E-state index in [1.54, 1.807) is 0 Å². The van der Waals surface area contributed by atoms with Gasteiger partial charge >= 0.3 is 0 Å². The Balaban J connectivity index is 2.01. The molecule has 0 saturated carbocycles. The molecule has 5 nitrogen and oxygen atoms in total. The van der Waals surface area contributed by atoms with Gasteiger partial charge in [0.25, 0.3) is 5.91 Å². The first kappa shape index (κ1) is 24.4. The molecule has 1 amide bonds. The molecule has 0 aliphatic carbocycles. The highest BCUT2D eigenvalue weighted by Gasteiger charge is 2.49. The molecule has 1 atom stereocenters. The highest BCUT2D eigenvalue weighted by atomic mass is 31.2. The molecule has 176 valence electrons. The molecule has 0 saturated heterocycles. The number of rotatable bonds is 5. The van der Waals surface area contributed by atoms with E-state index in [0.29, 0.717) is 15.9 Å². The Morgan fingerprint density at radius 2 is 1.21 bits per heavy atom. The monoisotopic (exact) mass is 491 g/mol. The molecule has 4 rings (SSSR count). The number of amides is 1. The normalized spacial score (nSPS) is 17.2. The molecule has 0 aromatic heterocycles. The van der Waals surface area contributed by atoms with E-state index in [-0.39, 0.29) is 5.91 Å². The molecular formula is C27H31N3O2P2. The second kappa shape index (κ2) is 9.50. The molecule has 0 spiro atoms. The van der Waals surface area contributed by atoms with Crippen LogP contribution in [-0.2, 0) is 9.36 Å². The van der Waals surface area contributed by atoms with Gasteiger partial charge < -0.3 is 4.57 Å². The summed E-state index contributed by atoms with van der Waals surface area (Å²) in [4.78, 5) is 14.4. The van der Waals surface area contributed by atoms with Crippen molar-refractivity contribution in [2.45, 2.75) is 26.3 Å². The third-order valence-corrected chi connectivity index (χ3v) is 11.5. The van der Waals surface area contributed by atoms with Gasteiger partial charge in [-0.1, -0.05) is 91.0 Å². The Bertz CT molecular complexity index is 1180. The minimum Gasteiger partial charge on any atom is -0.308 e. The Morgan fingerprint density at radius 3 is 1.62 bits per heavy atom. The van der Waals surface area contributed by atoms with Crippen molar-refractivity contribution in [3.05, 3.63) is 103 Å². The van der Waals surface area contributed by atoms with Crippen LogP contribution in [0.15, 0.2) is 103 Å². The molecule has 34 heavy (non-hydrogen) atoms. The lowest BCUT2D eigenvalue weighted by Crippen LogP contribution is -2.52. The molecule has 7 heteroatoms. The largest absolute Gasteiger partial charge is 0.308 e. The van der Waals surface area contributed by atoms with Gasteiger partial charge in [-0.3, -0.25) is 14.2 Å².